The van der Waals surface area contributed by atoms with Gasteiger partial charge in [0.2, 0.25) is 0 Å². The molecule has 2 aromatic rings. The predicted octanol–water partition coefficient (Wildman–Crippen LogP) is 3.18. The smallest absolute Gasteiger partial charge is 0.433 e. The lowest BCUT2D eigenvalue weighted by molar-refractivity contribution is -0.144. The largest absolute Gasteiger partial charge is 0.481 e. The lowest BCUT2D eigenvalue weighted by Gasteiger charge is -2.40. The molecule has 0 bridgehead atoms. The first kappa shape index (κ1) is 19.2. The maximum absolute atomic E-state index is 13.0. The fourth-order valence-corrected chi connectivity index (χ4v) is 3.55. The van der Waals surface area contributed by atoms with Crippen molar-refractivity contribution in [3.05, 3.63) is 59.3 Å². The molecule has 0 aliphatic carbocycles. The highest BCUT2D eigenvalue weighted by Crippen LogP contribution is 2.38. The maximum atomic E-state index is 13.0. The Labute approximate surface area is 154 Å². The van der Waals surface area contributed by atoms with E-state index in [1.54, 1.807) is 29.2 Å². The Morgan fingerprint density at radius 1 is 1.15 bits per heavy atom. The summed E-state index contributed by atoms with van der Waals surface area (Å²) in [6.45, 7) is 0.616. The van der Waals surface area contributed by atoms with Crippen LogP contribution in [0, 0.1) is 0 Å². The number of pyridine rings is 1. The highest BCUT2D eigenvalue weighted by atomic mass is 19.4. The molecule has 1 aliphatic rings. The number of rotatable bonds is 4. The van der Waals surface area contributed by atoms with E-state index in [1.807, 2.05) is 6.07 Å². The van der Waals surface area contributed by atoms with Crippen LogP contribution in [0.3, 0.4) is 0 Å². The molecule has 1 saturated heterocycles. The van der Waals surface area contributed by atoms with Crippen LogP contribution in [0.5, 0.6) is 0 Å². The van der Waals surface area contributed by atoms with Crippen molar-refractivity contribution in [2.75, 3.05) is 18.0 Å². The standard InChI is InChI=1S/C19H20F3N3O2/c20-19(21,22)15-7-6-13(12-23)16(24-15)25-10-8-18(9-11-25,17(26)27)14-4-2-1-3-5-14/h1-7H,8-12,23H2,(H,26,27). The van der Waals surface area contributed by atoms with E-state index in [0.717, 1.165) is 6.07 Å². The molecule has 1 aromatic heterocycles. The van der Waals surface area contributed by atoms with Gasteiger partial charge < -0.3 is 15.7 Å². The molecule has 8 heteroatoms. The third kappa shape index (κ3) is 3.62. The van der Waals surface area contributed by atoms with Crippen LogP contribution in [0.25, 0.3) is 0 Å². The van der Waals surface area contributed by atoms with Crippen LogP contribution in [-0.4, -0.2) is 29.1 Å². The number of carboxylic acid groups (broad SMARTS) is 1. The second kappa shape index (κ2) is 7.19. The number of carbonyl (C=O) groups is 1. The Balaban J connectivity index is 1.90. The van der Waals surface area contributed by atoms with Crippen LogP contribution in [0.15, 0.2) is 42.5 Å². The monoisotopic (exact) mass is 379 g/mol. The zero-order chi connectivity index (χ0) is 19.7. The first-order chi connectivity index (χ1) is 12.8. The summed E-state index contributed by atoms with van der Waals surface area (Å²) in [5, 5.41) is 9.85. The van der Waals surface area contributed by atoms with Gasteiger partial charge in [0.05, 0.1) is 5.41 Å². The Hall–Kier alpha value is -2.61. The first-order valence-electron chi connectivity index (χ1n) is 8.59. The number of hydrogen-bond acceptors (Lipinski definition) is 4. The van der Waals surface area contributed by atoms with Gasteiger partial charge in [0, 0.05) is 25.2 Å². The van der Waals surface area contributed by atoms with Crippen LogP contribution in [-0.2, 0) is 22.9 Å². The molecule has 0 radical (unpaired) electrons. The SMILES string of the molecule is NCc1ccc(C(F)(F)F)nc1N1CCC(C(=O)O)(c2ccccc2)CC1. The number of carboxylic acids is 1. The number of aromatic nitrogens is 1. The van der Waals surface area contributed by atoms with Crippen molar-refractivity contribution in [2.45, 2.75) is 31.0 Å². The summed E-state index contributed by atoms with van der Waals surface area (Å²) in [4.78, 5) is 17.5. The fourth-order valence-electron chi connectivity index (χ4n) is 3.55. The van der Waals surface area contributed by atoms with E-state index in [-0.39, 0.29) is 38.3 Å². The molecule has 0 spiro atoms. The number of nitrogens with two attached hydrogens (primary N) is 1. The summed E-state index contributed by atoms with van der Waals surface area (Å²) < 4.78 is 39.1. The summed E-state index contributed by atoms with van der Waals surface area (Å²) in [5.74, 6) is -0.747. The van der Waals surface area contributed by atoms with E-state index in [9.17, 15) is 23.1 Å². The van der Waals surface area contributed by atoms with Crippen molar-refractivity contribution in [2.24, 2.45) is 5.73 Å². The Morgan fingerprint density at radius 3 is 2.30 bits per heavy atom. The van der Waals surface area contributed by atoms with Gasteiger partial charge in [-0.2, -0.15) is 13.2 Å². The quantitative estimate of drug-likeness (QED) is 0.853. The topological polar surface area (TPSA) is 79.5 Å². The van der Waals surface area contributed by atoms with E-state index in [1.165, 1.54) is 6.07 Å². The summed E-state index contributed by atoms with van der Waals surface area (Å²) in [5.41, 5.74) is 4.84. The van der Waals surface area contributed by atoms with E-state index in [0.29, 0.717) is 11.1 Å². The number of alkyl halides is 3. The lowest BCUT2D eigenvalue weighted by Crippen LogP contribution is -2.48. The van der Waals surface area contributed by atoms with Gasteiger partial charge in [-0.3, -0.25) is 4.79 Å². The number of anilines is 1. The van der Waals surface area contributed by atoms with Gasteiger partial charge in [0.25, 0.3) is 0 Å². The molecule has 1 aliphatic heterocycles. The van der Waals surface area contributed by atoms with Gasteiger partial charge in [-0.15, -0.1) is 0 Å². The zero-order valence-electron chi connectivity index (χ0n) is 14.5. The van der Waals surface area contributed by atoms with E-state index in [2.05, 4.69) is 4.98 Å². The fraction of sp³-hybridized carbons (Fsp3) is 0.368. The Kier molecular flexibility index (Phi) is 5.10. The van der Waals surface area contributed by atoms with Crippen LogP contribution in [0.2, 0.25) is 0 Å². The predicted molar refractivity (Wildman–Crippen MR) is 94.3 cm³/mol. The van der Waals surface area contributed by atoms with Gasteiger partial charge in [-0.1, -0.05) is 36.4 Å². The molecule has 0 atom stereocenters. The molecule has 144 valence electrons. The summed E-state index contributed by atoms with van der Waals surface area (Å²) in [6.07, 6.45) is -4.00. The average molecular weight is 379 g/mol. The molecule has 1 aromatic carbocycles. The number of benzene rings is 1. The number of halogens is 3. The highest BCUT2D eigenvalue weighted by Gasteiger charge is 2.43. The Bertz CT molecular complexity index is 817. The molecule has 3 N–H and O–H groups in total. The second-order valence-electron chi connectivity index (χ2n) is 6.62. The molecule has 2 heterocycles. The van der Waals surface area contributed by atoms with Crippen LogP contribution in [0.4, 0.5) is 19.0 Å². The molecule has 0 unspecified atom stereocenters. The minimum Gasteiger partial charge on any atom is -0.481 e. The molecule has 0 saturated carbocycles. The lowest BCUT2D eigenvalue weighted by atomic mass is 9.73. The van der Waals surface area contributed by atoms with Crippen molar-refractivity contribution in [1.82, 2.24) is 4.98 Å². The number of nitrogens with zero attached hydrogens (tertiary/aromatic N) is 2. The van der Waals surface area contributed by atoms with Crippen LogP contribution < -0.4 is 10.6 Å². The highest BCUT2D eigenvalue weighted by molar-refractivity contribution is 5.82. The number of hydrogen-bond donors (Lipinski definition) is 2. The third-order valence-corrected chi connectivity index (χ3v) is 5.12. The molecule has 1 fully saturated rings. The van der Waals surface area contributed by atoms with Crippen molar-refractivity contribution in [1.29, 1.82) is 0 Å². The van der Waals surface area contributed by atoms with Gasteiger partial charge in [0.15, 0.2) is 0 Å². The molecular formula is C19H20F3N3O2. The minimum absolute atomic E-state index is 0.0553. The van der Waals surface area contributed by atoms with Crippen molar-refractivity contribution < 1.29 is 23.1 Å². The molecular weight excluding hydrogens is 359 g/mol. The number of aliphatic carboxylic acids is 1. The van der Waals surface area contributed by atoms with Gasteiger partial charge in [-0.05, 0) is 24.5 Å². The van der Waals surface area contributed by atoms with Gasteiger partial charge >= 0.3 is 12.1 Å². The molecule has 0 amide bonds. The zero-order valence-corrected chi connectivity index (χ0v) is 14.5. The van der Waals surface area contributed by atoms with Crippen LogP contribution >= 0.6 is 0 Å². The molecule has 27 heavy (non-hydrogen) atoms. The van der Waals surface area contributed by atoms with Crippen molar-refractivity contribution in [3.8, 4) is 0 Å². The Morgan fingerprint density at radius 2 is 1.78 bits per heavy atom. The van der Waals surface area contributed by atoms with E-state index < -0.39 is 23.3 Å². The molecule has 3 rings (SSSR count). The average Bonchev–Trinajstić information content (AvgIpc) is 2.67. The van der Waals surface area contributed by atoms with Crippen molar-refractivity contribution in [3.63, 3.8) is 0 Å². The third-order valence-electron chi connectivity index (χ3n) is 5.12. The van der Waals surface area contributed by atoms with Gasteiger partial charge in [-0.25, -0.2) is 4.98 Å². The normalized spacial score (nSPS) is 17.0. The summed E-state index contributed by atoms with van der Waals surface area (Å²) >= 11 is 0. The first-order valence-corrected chi connectivity index (χ1v) is 8.59. The van der Waals surface area contributed by atoms with Gasteiger partial charge in [0.1, 0.15) is 11.5 Å². The van der Waals surface area contributed by atoms with E-state index in [4.69, 9.17) is 5.73 Å². The number of piperidine rings is 1. The maximum Gasteiger partial charge on any atom is 0.433 e. The van der Waals surface area contributed by atoms with E-state index >= 15 is 0 Å². The minimum atomic E-state index is -4.55. The second-order valence-corrected chi connectivity index (χ2v) is 6.62. The van der Waals surface area contributed by atoms with Crippen molar-refractivity contribution >= 4 is 11.8 Å². The summed E-state index contributed by atoms with van der Waals surface area (Å²) in [6, 6.07) is 11.2. The molecule has 5 nitrogen and oxygen atoms in total. The van der Waals surface area contributed by atoms with Crippen LogP contribution in [0.1, 0.15) is 29.7 Å². The summed E-state index contributed by atoms with van der Waals surface area (Å²) in [7, 11) is 0.